The van der Waals surface area contributed by atoms with Crippen LogP contribution in [-0.4, -0.2) is 19.8 Å². The average molecular weight is 282 g/mol. The van der Waals surface area contributed by atoms with Crippen molar-refractivity contribution in [1.82, 2.24) is 4.98 Å². The molecule has 4 N–H and O–H groups in total. The van der Waals surface area contributed by atoms with E-state index in [1.54, 1.807) is 0 Å². The maximum Gasteiger partial charge on any atom is 0.573 e. The highest BCUT2D eigenvalue weighted by Crippen LogP contribution is 2.34. The van der Waals surface area contributed by atoms with Crippen molar-refractivity contribution >= 4 is 15.7 Å². The van der Waals surface area contributed by atoms with Gasteiger partial charge in [-0.3, -0.25) is 0 Å². The van der Waals surface area contributed by atoms with E-state index < -0.39 is 38.4 Å². The van der Waals surface area contributed by atoms with Gasteiger partial charge in [-0.25, -0.2) is 18.5 Å². The van der Waals surface area contributed by atoms with Crippen LogP contribution in [-0.2, 0) is 10.0 Å². The van der Waals surface area contributed by atoms with Gasteiger partial charge in [0.1, 0.15) is 17.3 Å². The summed E-state index contributed by atoms with van der Waals surface area (Å²) in [6.07, 6.45) is -4.58. The van der Waals surface area contributed by atoms with Crippen molar-refractivity contribution in [3.63, 3.8) is 0 Å². The number of nitrogen functional groups attached to an aromatic ring is 1. The number of aromatic nitrogens is 1. The first-order valence-corrected chi connectivity index (χ1v) is 5.58. The van der Waals surface area contributed by atoms with Crippen LogP contribution in [0.3, 0.4) is 0 Å². The van der Waals surface area contributed by atoms with Crippen LogP contribution in [0.15, 0.2) is 11.2 Å². The lowest BCUT2D eigenvalue weighted by Crippen LogP contribution is -2.22. The summed E-state index contributed by atoms with van der Waals surface area (Å²) in [6, 6.07) is 1.33. The molecule has 0 aliphatic rings. The predicted molar refractivity (Wildman–Crippen MR) is 51.4 cm³/mol. The van der Waals surface area contributed by atoms with E-state index in [4.69, 9.17) is 16.1 Å². The summed E-state index contributed by atoms with van der Waals surface area (Å²) in [5.41, 5.74) is 3.51. The molecule has 1 aromatic rings. The molecule has 1 rings (SSSR count). The Morgan fingerprint density at radius 2 is 2.00 bits per heavy atom. The zero-order valence-electron chi connectivity index (χ0n) is 8.39. The Kier molecular flexibility index (Phi) is 3.36. The number of nitriles is 1. The van der Waals surface area contributed by atoms with E-state index in [1.165, 1.54) is 6.07 Å². The van der Waals surface area contributed by atoms with Gasteiger partial charge in [0.05, 0.1) is 6.20 Å². The molecule has 98 valence electrons. The number of anilines is 1. The molecule has 0 saturated heterocycles. The van der Waals surface area contributed by atoms with Crippen molar-refractivity contribution in [2.24, 2.45) is 5.14 Å². The summed E-state index contributed by atoms with van der Waals surface area (Å²) in [6.45, 7) is 0. The van der Waals surface area contributed by atoms with Crippen molar-refractivity contribution in [1.29, 1.82) is 5.26 Å². The average Bonchev–Trinajstić information content (AvgIpc) is 2.17. The number of halogens is 3. The van der Waals surface area contributed by atoms with Gasteiger partial charge in [0, 0.05) is 0 Å². The molecule has 0 aliphatic carbocycles. The van der Waals surface area contributed by atoms with Gasteiger partial charge in [0.15, 0.2) is 10.8 Å². The van der Waals surface area contributed by atoms with Gasteiger partial charge in [-0.05, 0) is 0 Å². The molecule has 1 heterocycles. The topological polar surface area (TPSA) is 132 Å². The Bertz CT molecular complexity index is 620. The van der Waals surface area contributed by atoms with E-state index in [-0.39, 0.29) is 0 Å². The highest BCUT2D eigenvalue weighted by molar-refractivity contribution is 7.89. The molecule has 0 bridgehead atoms. The number of sulfonamides is 1. The second-order valence-electron chi connectivity index (χ2n) is 2.92. The number of pyridine rings is 1. The second kappa shape index (κ2) is 4.31. The lowest BCUT2D eigenvalue weighted by molar-refractivity contribution is -0.274. The van der Waals surface area contributed by atoms with Crippen molar-refractivity contribution < 1.29 is 26.3 Å². The number of nitrogens with two attached hydrogens (primary N) is 2. The van der Waals surface area contributed by atoms with Crippen LogP contribution in [0.5, 0.6) is 5.75 Å². The molecule has 11 heteroatoms. The number of rotatable bonds is 2. The number of nitrogens with zero attached hydrogens (tertiary/aromatic N) is 2. The van der Waals surface area contributed by atoms with Gasteiger partial charge >= 0.3 is 6.36 Å². The highest BCUT2D eigenvalue weighted by Gasteiger charge is 2.35. The number of ether oxygens (including phenoxy) is 1. The largest absolute Gasteiger partial charge is 0.573 e. The number of hydrogen-bond donors (Lipinski definition) is 2. The monoisotopic (exact) mass is 282 g/mol. The Labute approximate surface area is 98.8 Å². The molecule has 0 radical (unpaired) electrons. The molecule has 7 nitrogen and oxygen atoms in total. The van der Waals surface area contributed by atoms with Gasteiger partial charge in [-0.2, -0.15) is 5.26 Å². The number of alkyl halides is 3. The summed E-state index contributed by atoms with van der Waals surface area (Å²) < 4.78 is 61.7. The lowest BCUT2D eigenvalue weighted by Gasteiger charge is -2.13. The minimum Gasteiger partial charge on any atom is -0.402 e. The molecular formula is C7H5F3N4O3S. The molecule has 18 heavy (non-hydrogen) atoms. The smallest absolute Gasteiger partial charge is 0.402 e. The molecule has 0 unspecified atom stereocenters. The Hall–Kier alpha value is -2.06. The first-order valence-electron chi connectivity index (χ1n) is 4.03. The fourth-order valence-electron chi connectivity index (χ4n) is 1.03. The molecule has 0 aliphatic heterocycles. The zero-order chi connectivity index (χ0) is 14.1. The van der Waals surface area contributed by atoms with Crippen LogP contribution in [0.1, 0.15) is 5.56 Å². The normalized spacial score (nSPS) is 11.9. The predicted octanol–water partition coefficient (Wildman–Crippen LogP) is 0.0815. The van der Waals surface area contributed by atoms with E-state index in [1.807, 2.05) is 0 Å². The van der Waals surface area contributed by atoms with Crippen LogP contribution in [0.2, 0.25) is 0 Å². The molecule has 0 spiro atoms. The van der Waals surface area contributed by atoms with E-state index in [9.17, 15) is 21.6 Å². The molecule has 1 aromatic heterocycles. The summed E-state index contributed by atoms with van der Waals surface area (Å²) in [5.74, 6) is -1.15. The SMILES string of the molecule is N#Cc1cnc(S(N)(=O)=O)c(N)c1OC(F)(F)F. The fraction of sp³-hybridized carbons (Fsp3) is 0.143. The maximum absolute atomic E-state index is 12.1. The van der Waals surface area contributed by atoms with Gasteiger partial charge < -0.3 is 10.5 Å². The molecule has 0 fully saturated rings. The van der Waals surface area contributed by atoms with Crippen molar-refractivity contribution in [2.75, 3.05) is 5.73 Å². The van der Waals surface area contributed by atoms with Gasteiger partial charge in [0.25, 0.3) is 10.0 Å². The van der Waals surface area contributed by atoms with Crippen molar-refractivity contribution in [3.05, 3.63) is 11.8 Å². The van der Waals surface area contributed by atoms with E-state index in [2.05, 4.69) is 9.72 Å². The number of hydrogen-bond acceptors (Lipinski definition) is 6. The second-order valence-corrected chi connectivity index (χ2v) is 4.40. The van der Waals surface area contributed by atoms with E-state index in [0.29, 0.717) is 6.20 Å². The molecular weight excluding hydrogens is 277 g/mol. The minimum atomic E-state index is -5.14. The van der Waals surface area contributed by atoms with Crippen LogP contribution < -0.4 is 15.6 Å². The summed E-state index contributed by atoms with van der Waals surface area (Å²) in [5, 5.41) is 12.3. The standard InChI is InChI=1S/C7H5F3N4O3S/c8-7(9,10)17-5-3(1-11)2-14-6(4(5)12)18(13,15)16/h2H,12H2,(H2,13,15,16). The highest BCUT2D eigenvalue weighted by atomic mass is 32.2. The van der Waals surface area contributed by atoms with Gasteiger partial charge in [0.2, 0.25) is 0 Å². The molecule has 0 atom stereocenters. The first-order chi connectivity index (χ1) is 8.06. The van der Waals surface area contributed by atoms with Crippen molar-refractivity contribution in [3.8, 4) is 11.8 Å². The fourth-order valence-corrected chi connectivity index (χ4v) is 1.62. The minimum absolute atomic E-state index is 0.567. The first kappa shape index (κ1) is 14.0. The third-order valence-electron chi connectivity index (χ3n) is 1.64. The number of primary sulfonamides is 1. The van der Waals surface area contributed by atoms with E-state index >= 15 is 0 Å². The molecule has 0 aromatic carbocycles. The van der Waals surface area contributed by atoms with Crippen LogP contribution >= 0.6 is 0 Å². The zero-order valence-corrected chi connectivity index (χ0v) is 9.21. The molecule has 0 amide bonds. The van der Waals surface area contributed by atoms with Gasteiger partial charge in [-0.15, -0.1) is 13.2 Å². The van der Waals surface area contributed by atoms with Crippen molar-refractivity contribution in [2.45, 2.75) is 11.4 Å². The van der Waals surface area contributed by atoms with Crippen LogP contribution in [0.25, 0.3) is 0 Å². The Morgan fingerprint density at radius 1 is 1.44 bits per heavy atom. The van der Waals surface area contributed by atoms with Crippen LogP contribution in [0, 0.1) is 11.3 Å². The summed E-state index contributed by atoms with van der Waals surface area (Å²) in [4.78, 5) is 3.20. The lowest BCUT2D eigenvalue weighted by atomic mass is 10.2. The summed E-state index contributed by atoms with van der Waals surface area (Å²) >= 11 is 0. The molecule has 0 saturated carbocycles. The third-order valence-corrected chi connectivity index (χ3v) is 2.50. The van der Waals surface area contributed by atoms with Gasteiger partial charge in [-0.1, -0.05) is 0 Å². The van der Waals surface area contributed by atoms with E-state index in [0.717, 1.165) is 0 Å². The Morgan fingerprint density at radius 3 is 2.39 bits per heavy atom. The maximum atomic E-state index is 12.1. The summed E-state index contributed by atoms with van der Waals surface area (Å²) in [7, 11) is -4.43. The quantitative estimate of drug-likeness (QED) is 0.789. The van der Waals surface area contributed by atoms with Crippen LogP contribution in [0.4, 0.5) is 18.9 Å². The Balaban J connectivity index is 3.53. The third kappa shape index (κ3) is 2.99.